The molecule has 2 unspecified atom stereocenters. The molecule has 5 rings (SSSR count). The Balaban J connectivity index is 1.71. The van der Waals surface area contributed by atoms with Gasteiger partial charge in [-0.1, -0.05) is 37.3 Å². The minimum Gasteiger partial charge on any atom is -0.356 e. The first-order valence-electron chi connectivity index (χ1n) is 10.9. The molecule has 0 bridgehead atoms. The molecular weight excluding hydrogens is 408 g/mol. The molecule has 0 spiro atoms. The summed E-state index contributed by atoms with van der Waals surface area (Å²) in [6.45, 7) is 3.98. The Kier molecular flexibility index (Phi) is 4.73. The number of rotatable bonds is 4. The van der Waals surface area contributed by atoms with Crippen molar-refractivity contribution in [2.45, 2.75) is 44.8 Å². The van der Waals surface area contributed by atoms with Crippen molar-refractivity contribution in [3.8, 4) is 0 Å². The van der Waals surface area contributed by atoms with Crippen molar-refractivity contribution in [3.63, 3.8) is 0 Å². The molecule has 1 aromatic heterocycles. The molecule has 0 aliphatic carbocycles. The molecule has 3 heterocycles. The molecule has 164 valence electrons. The number of H-pyrrole nitrogens is 1. The van der Waals surface area contributed by atoms with Crippen molar-refractivity contribution in [1.29, 1.82) is 0 Å². The molecule has 8 nitrogen and oxygen atoms in total. The largest absolute Gasteiger partial charge is 0.356 e. The highest BCUT2D eigenvalue weighted by atomic mass is 16.6. The first-order valence-corrected chi connectivity index (χ1v) is 10.9. The first kappa shape index (κ1) is 20.2. The van der Waals surface area contributed by atoms with E-state index >= 15 is 0 Å². The highest BCUT2D eigenvalue weighted by Gasteiger charge is 2.49. The van der Waals surface area contributed by atoms with Gasteiger partial charge in [0.2, 0.25) is 11.8 Å². The number of nitro benzene ring substituents is 1. The molecule has 0 radical (unpaired) electrons. The van der Waals surface area contributed by atoms with Crippen molar-refractivity contribution >= 4 is 28.4 Å². The van der Waals surface area contributed by atoms with Gasteiger partial charge in [0.05, 0.1) is 11.0 Å². The highest BCUT2D eigenvalue weighted by molar-refractivity contribution is 5.97. The Morgan fingerprint density at radius 2 is 1.97 bits per heavy atom. The van der Waals surface area contributed by atoms with E-state index in [9.17, 15) is 19.7 Å². The number of carbonyl (C=O) groups excluding carboxylic acids is 2. The van der Waals surface area contributed by atoms with Crippen LogP contribution < -0.4 is 0 Å². The second-order valence-corrected chi connectivity index (χ2v) is 8.56. The summed E-state index contributed by atoms with van der Waals surface area (Å²) in [7, 11) is 0. The third kappa shape index (κ3) is 2.97. The number of non-ortho nitro benzene ring substituents is 1. The summed E-state index contributed by atoms with van der Waals surface area (Å²) >= 11 is 0. The van der Waals surface area contributed by atoms with E-state index in [2.05, 4.69) is 4.98 Å². The average molecular weight is 432 g/mol. The second kappa shape index (κ2) is 7.47. The number of para-hydroxylation sites is 1. The summed E-state index contributed by atoms with van der Waals surface area (Å²) in [5, 5.41) is 12.4. The zero-order chi connectivity index (χ0) is 22.6. The molecule has 3 aromatic rings. The first-order chi connectivity index (χ1) is 15.4. The van der Waals surface area contributed by atoms with Gasteiger partial charge in [-0.25, -0.2) is 0 Å². The predicted octanol–water partition coefficient (Wildman–Crippen LogP) is 3.56. The van der Waals surface area contributed by atoms with Gasteiger partial charge in [0.25, 0.3) is 5.69 Å². The number of hydrogen-bond donors (Lipinski definition) is 1. The van der Waals surface area contributed by atoms with Crippen LogP contribution in [-0.2, 0) is 16.0 Å². The average Bonchev–Trinajstić information content (AvgIpc) is 3.18. The van der Waals surface area contributed by atoms with Gasteiger partial charge in [-0.3, -0.25) is 19.7 Å². The standard InChI is InChI=1S/C24H24N4O4/c1-3-14(2)26-13-21(29)27-20(24(26)30)12-18-17-9-4-5-10-19(17)25-22(18)23(27)15-7-6-8-16(11-15)28(31)32/h4-11,14,20,23,25H,3,12-13H2,1-2H3/t14?,20-,23?/m1/s1. The highest BCUT2D eigenvalue weighted by Crippen LogP contribution is 2.43. The Morgan fingerprint density at radius 1 is 1.19 bits per heavy atom. The topological polar surface area (TPSA) is 99.5 Å². The van der Waals surface area contributed by atoms with Crippen LogP contribution in [-0.4, -0.2) is 50.1 Å². The van der Waals surface area contributed by atoms with Crippen LogP contribution in [0.5, 0.6) is 0 Å². The number of fused-ring (bicyclic) bond motifs is 4. The Labute approximate surface area is 185 Å². The lowest BCUT2D eigenvalue weighted by Crippen LogP contribution is -2.64. The van der Waals surface area contributed by atoms with Crippen molar-refractivity contribution < 1.29 is 14.5 Å². The van der Waals surface area contributed by atoms with Gasteiger partial charge >= 0.3 is 0 Å². The van der Waals surface area contributed by atoms with Gasteiger partial charge in [-0.2, -0.15) is 0 Å². The number of amides is 2. The fraction of sp³-hybridized carbons (Fsp3) is 0.333. The van der Waals surface area contributed by atoms with E-state index in [4.69, 9.17) is 0 Å². The van der Waals surface area contributed by atoms with Crippen LogP contribution in [0.4, 0.5) is 5.69 Å². The quantitative estimate of drug-likeness (QED) is 0.503. The molecule has 1 fully saturated rings. The summed E-state index contributed by atoms with van der Waals surface area (Å²) in [6.07, 6.45) is 1.18. The second-order valence-electron chi connectivity index (χ2n) is 8.56. The summed E-state index contributed by atoms with van der Waals surface area (Å²) < 4.78 is 0. The monoisotopic (exact) mass is 432 g/mol. The maximum atomic E-state index is 13.5. The number of nitrogens with zero attached hydrogens (tertiary/aromatic N) is 3. The van der Waals surface area contributed by atoms with E-state index in [1.165, 1.54) is 12.1 Å². The number of hydrogen-bond acceptors (Lipinski definition) is 4. The lowest BCUT2D eigenvalue weighted by atomic mass is 9.85. The molecule has 3 atom stereocenters. The SMILES string of the molecule is CCC(C)N1CC(=O)N2C(c3cccc([N+](=O)[O-])c3)c3[nH]c4ccccc4c3C[C@@H]2C1=O. The summed E-state index contributed by atoms with van der Waals surface area (Å²) in [4.78, 5) is 44.7. The normalized spacial score (nSPS) is 21.4. The number of aromatic nitrogens is 1. The molecule has 2 aromatic carbocycles. The van der Waals surface area contributed by atoms with E-state index < -0.39 is 17.0 Å². The van der Waals surface area contributed by atoms with Gasteiger partial charge in [0, 0.05) is 41.2 Å². The van der Waals surface area contributed by atoms with Gasteiger partial charge in [-0.05, 0) is 30.5 Å². The van der Waals surface area contributed by atoms with E-state index in [1.54, 1.807) is 21.9 Å². The maximum Gasteiger partial charge on any atom is 0.269 e. The van der Waals surface area contributed by atoms with Gasteiger partial charge in [0.15, 0.2) is 0 Å². The van der Waals surface area contributed by atoms with Crippen LogP contribution in [0.25, 0.3) is 10.9 Å². The van der Waals surface area contributed by atoms with Crippen molar-refractivity contribution in [2.75, 3.05) is 6.54 Å². The molecule has 2 amide bonds. The molecule has 1 N–H and O–H groups in total. The molecule has 2 aliphatic rings. The Bertz CT molecular complexity index is 1250. The fourth-order valence-electron chi connectivity index (χ4n) is 5.03. The lowest BCUT2D eigenvalue weighted by Gasteiger charge is -2.48. The van der Waals surface area contributed by atoms with Crippen molar-refractivity contribution in [2.24, 2.45) is 0 Å². The van der Waals surface area contributed by atoms with E-state index in [0.29, 0.717) is 12.0 Å². The van der Waals surface area contributed by atoms with Gasteiger partial charge in [0.1, 0.15) is 12.6 Å². The molecule has 32 heavy (non-hydrogen) atoms. The molecule has 0 saturated carbocycles. The molecular formula is C24H24N4O4. The molecule has 8 heteroatoms. The van der Waals surface area contributed by atoms with Gasteiger partial charge in [-0.15, -0.1) is 0 Å². The van der Waals surface area contributed by atoms with E-state index in [1.807, 2.05) is 38.1 Å². The van der Waals surface area contributed by atoms with Crippen molar-refractivity contribution in [1.82, 2.24) is 14.8 Å². The Hall–Kier alpha value is -3.68. The molecule has 2 aliphatic heterocycles. The third-order valence-corrected chi connectivity index (χ3v) is 6.81. The van der Waals surface area contributed by atoms with Crippen LogP contribution in [0, 0.1) is 10.1 Å². The van der Waals surface area contributed by atoms with Crippen LogP contribution >= 0.6 is 0 Å². The van der Waals surface area contributed by atoms with Crippen molar-refractivity contribution in [3.05, 3.63) is 75.5 Å². The fourth-order valence-corrected chi connectivity index (χ4v) is 5.03. The van der Waals surface area contributed by atoms with Crippen LogP contribution in [0.2, 0.25) is 0 Å². The van der Waals surface area contributed by atoms with Crippen LogP contribution in [0.15, 0.2) is 48.5 Å². The van der Waals surface area contributed by atoms with Crippen LogP contribution in [0.1, 0.15) is 43.1 Å². The van der Waals surface area contributed by atoms with Crippen LogP contribution in [0.3, 0.4) is 0 Å². The number of nitro groups is 1. The number of benzene rings is 2. The number of piperazine rings is 1. The summed E-state index contributed by atoms with van der Waals surface area (Å²) in [5.74, 6) is -0.207. The number of carbonyl (C=O) groups is 2. The third-order valence-electron chi connectivity index (χ3n) is 6.81. The van der Waals surface area contributed by atoms with E-state index in [-0.39, 0.29) is 30.1 Å². The number of aromatic amines is 1. The van der Waals surface area contributed by atoms with E-state index in [0.717, 1.165) is 28.6 Å². The smallest absolute Gasteiger partial charge is 0.269 e. The van der Waals surface area contributed by atoms with Gasteiger partial charge < -0.3 is 14.8 Å². The molecule has 1 saturated heterocycles. The predicted molar refractivity (Wildman–Crippen MR) is 119 cm³/mol. The zero-order valence-electron chi connectivity index (χ0n) is 17.9. The zero-order valence-corrected chi connectivity index (χ0v) is 17.9. The Morgan fingerprint density at radius 3 is 2.72 bits per heavy atom. The summed E-state index contributed by atoms with van der Waals surface area (Å²) in [5.41, 5.74) is 3.31. The minimum atomic E-state index is -0.638. The maximum absolute atomic E-state index is 13.5. The lowest BCUT2D eigenvalue weighted by molar-refractivity contribution is -0.384. The summed E-state index contributed by atoms with van der Waals surface area (Å²) in [6, 6.07) is 12.9. The minimum absolute atomic E-state index is 0.0192. The number of nitrogens with one attached hydrogen (secondary N) is 1.